The van der Waals surface area contributed by atoms with E-state index in [0.29, 0.717) is 25.7 Å². The zero-order chi connectivity index (χ0) is 49.7. The van der Waals surface area contributed by atoms with Gasteiger partial charge >= 0.3 is 0 Å². The van der Waals surface area contributed by atoms with Crippen LogP contribution in [-0.4, -0.2) is 129 Å². The van der Waals surface area contributed by atoms with E-state index < -0.39 is 79.8 Å². The van der Waals surface area contributed by atoms with E-state index in [2.05, 4.69) is 42.5 Å². The van der Waals surface area contributed by atoms with Crippen molar-refractivity contribution in [1.82, 2.24) is 52.3 Å². The number of hydrogen-bond acceptors (Lipinski definition) is 10. The molecule has 8 N–H and O–H groups in total. The molecule has 0 spiro atoms. The summed E-state index contributed by atoms with van der Waals surface area (Å²) < 4.78 is -1.40. The molecular formula is C48H62I2N10O8. The molecule has 2 heterocycles. The highest BCUT2D eigenvalue weighted by atomic mass is 127. The Hall–Kier alpha value is -5.20. The second-order valence-electron chi connectivity index (χ2n) is 17.0. The number of nitrogens with zero attached hydrogens (tertiary/aromatic N) is 2. The zero-order valence-electron chi connectivity index (χ0n) is 39.0. The van der Waals surface area contributed by atoms with E-state index in [4.69, 9.17) is 0 Å². The highest BCUT2D eigenvalue weighted by molar-refractivity contribution is 14.1. The summed E-state index contributed by atoms with van der Waals surface area (Å²) in [7, 11) is 3.19. The molecule has 3 aromatic rings. The molecule has 2 aliphatic heterocycles. The summed E-state index contributed by atoms with van der Waals surface area (Å²) >= 11 is 3.78. The highest BCUT2D eigenvalue weighted by Gasteiger charge is 2.42. The van der Waals surface area contributed by atoms with E-state index in [1.54, 1.807) is 27.9 Å². The maximum absolute atomic E-state index is 14.3. The van der Waals surface area contributed by atoms with Gasteiger partial charge in [0.05, 0.1) is 24.2 Å². The van der Waals surface area contributed by atoms with Gasteiger partial charge in [-0.25, -0.2) is 0 Å². The van der Waals surface area contributed by atoms with Gasteiger partial charge in [0.2, 0.25) is 35.4 Å². The van der Waals surface area contributed by atoms with Gasteiger partial charge in [0.25, 0.3) is 11.8 Å². The SMILES string of the molecule is CN[C@@H](I)C(=O)N[C@H](C(=O)N1CCC[C@H]1C(=O)N[C@H](C)c1ccccc1)[C@H](C)NC(=O)c1ccc(C(=O)N[C@@H](C)[C@H](NC(=O)[C@H](I)NC)C(=O)N2CCC[C@H]2C(=O)N[C@H](C)c2ccccc2)cc1. The van der Waals surface area contributed by atoms with Gasteiger partial charge in [-0.2, -0.15) is 0 Å². The van der Waals surface area contributed by atoms with Crippen molar-refractivity contribution < 1.29 is 38.4 Å². The monoisotopic (exact) mass is 1160 g/mol. The predicted molar refractivity (Wildman–Crippen MR) is 273 cm³/mol. The molecule has 3 aromatic carbocycles. The van der Waals surface area contributed by atoms with E-state index in [1.807, 2.05) is 120 Å². The minimum absolute atomic E-state index is 0.148. The van der Waals surface area contributed by atoms with E-state index in [-0.39, 0.29) is 48.1 Å². The molecule has 10 atom stereocenters. The first kappa shape index (κ1) is 53.8. The summed E-state index contributed by atoms with van der Waals surface area (Å²) in [6.07, 6.45) is 2.00. The Bertz CT molecular complexity index is 2100. The normalized spacial score (nSPS) is 19.2. The van der Waals surface area contributed by atoms with Crippen LogP contribution in [0.4, 0.5) is 0 Å². The second-order valence-corrected chi connectivity index (χ2v) is 19.5. The number of benzene rings is 3. The Morgan fingerprint density at radius 1 is 0.500 bits per heavy atom. The minimum atomic E-state index is -1.24. The molecule has 0 aromatic heterocycles. The summed E-state index contributed by atoms with van der Waals surface area (Å²) in [6, 6.07) is 18.1. The summed E-state index contributed by atoms with van der Waals surface area (Å²) in [4.78, 5) is 112. The molecular weight excluding hydrogens is 1100 g/mol. The lowest BCUT2D eigenvalue weighted by Crippen LogP contribution is -2.61. The molecule has 0 saturated carbocycles. The van der Waals surface area contributed by atoms with Gasteiger partial charge in [0.15, 0.2) is 0 Å². The van der Waals surface area contributed by atoms with Gasteiger partial charge in [0.1, 0.15) is 32.3 Å². The maximum Gasteiger partial charge on any atom is 0.251 e. The number of amides is 8. The van der Waals surface area contributed by atoms with Crippen molar-refractivity contribution >= 4 is 92.4 Å². The molecule has 2 aliphatic rings. The third kappa shape index (κ3) is 14.0. The van der Waals surface area contributed by atoms with Crippen LogP contribution in [0.15, 0.2) is 84.9 Å². The molecule has 0 radical (unpaired) electrons. The lowest BCUT2D eigenvalue weighted by molar-refractivity contribution is -0.142. The molecule has 18 nitrogen and oxygen atoms in total. The quantitative estimate of drug-likeness (QED) is 0.0468. The fourth-order valence-electron chi connectivity index (χ4n) is 8.27. The standard InChI is InChI=1S/C48H62I2N10O8/c1-27(31-15-9-7-10-16-31)53-43(63)35-19-13-25-59(35)47(67)37(57-45(65)39(49)51-5)29(3)55-41(61)33-21-23-34(24-22-33)42(62)56-30(4)38(58-46(66)40(50)52-6)48(68)60-26-14-20-36(60)44(64)54-28(2)32-17-11-8-12-18-32/h7-12,15-18,21-24,27-30,35-40,51-52H,13-14,19-20,25-26H2,1-6H3,(H,53,63)(H,54,64)(H,55,61)(H,56,62)(H,57,65)(H,58,66)/t27-,28-,29+,30+,35+,36+,37+,38+,39-,40-/m1/s1. The first-order valence-corrected chi connectivity index (χ1v) is 25.2. The third-order valence-corrected chi connectivity index (χ3v) is 14.6. The largest absolute Gasteiger partial charge is 0.348 e. The Balaban J connectivity index is 1.26. The molecule has 2 saturated heterocycles. The number of likely N-dealkylation sites (N-methyl/N-ethyl adjacent to an activating group) is 2. The number of rotatable bonds is 20. The number of carbonyl (C=O) groups excluding carboxylic acids is 8. The van der Waals surface area contributed by atoms with Crippen molar-refractivity contribution in [1.29, 1.82) is 0 Å². The first-order valence-electron chi connectivity index (χ1n) is 22.7. The van der Waals surface area contributed by atoms with E-state index in [9.17, 15) is 38.4 Å². The maximum atomic E-state index is 14.3. The van der Waals surface area contributed by atoms with Crippen LogP contribution in [0.5, 0.6) is 0 Å². The summed E-state index contributed by atoms with van der Waals surface area (Å²) in [6.45, 7) is 7.47. The van der Waals surface area contributed by atoms with E-state index >= 15 is 0 Å². The highest BCUT2D eigenvalue weighted by Crippen LogP contribution is 2.24. The van der Waals surface area contributed by atoms with Crippen LogP contribution in [-0.2, 0) is 28.8 Å². The van der Waals surface area contributed by atoms with Crippen LogP contribution in [0.2, 0.25) is 0 Å². The number of halogens is 2. The van der Waals surface area contributed by atoms with Crippen molar-refractivity contribution in [2.24, 2.45) is 0 Å². The molecule has 5 rings (SSSR count). The van der Waals surface area contributed by atoms with Crippen molar-refractivity contribution in [3.05, 3.63) is 107 Å². The Labute approximate surface area is 424 Å². The number of likely N-dealkylation sites (tertiary alicyclic amines) is 2. The van der Waals surface area contributed by atoms with Crippen LogP contribution in [0.3, 0.4) is 0 Å². The lowest BCUT2D eigenvalue weighted by Gasteiger charge is -2.33. The van der Waals surface area contributed by atoms with Crippen LogP contribution in [0.1, 0.15) is 97.3 Å². The van der Waals surface area contributed by atoms with Gasteiger partial charge in [0, 0.05) is 24.2 Å². The van der Waals surface area contributed by atoms with Crippen LogP contribution in [0.25, 0.3) is 0 Å². The van der Waals surface area contributed by atoms with Crippen molar-refractivity contribution in [3.63, 3.8) is 0 Å². The first-order chi connectivity index (χ1) is 32.4. The van der Waals surface area contributed by atoms with Crippen molar-refractivity contribution in [2.45, 2.75) is 110 Å². The average Bonchev–Trinajstić information content (AvgIpc) is 4.06. The number of nitrogens with one attached hydrogen (secondary N) is 8. The number of hydrogen-bond donors (Lipinski definition) is 8. The minimum Gasteiger partial charge on any atom is -0.348 e. The lowest BCUT2D eigenvalue weighted by atomic mass is 10.0. The predicted octanol–water partition coefficient (Wildman–Crippen LogP) is 2.59. The fourth-order valence-corrected chi connectivity index (χ4v) is 8.63. The Morgan fingerprint density at radius 2 is 0.838 bits per heavy atom. The molecule has 0 bridgehead atoms. The van der Waals surface area contributed by atoms with Gasteiger partial charge in [-0.1, -0.05) is 106 Å². The van der Waals surface area contributed by atoms with Crippen LogP contribution >= 0.6 is 45.2 Å². The van der Waals surface area contributed by atoms with Crippen molar-refractivity contribution in [2.75, 3.05) is 27.2 Å². The van der Waals surface area contributed by atoms with Crippen molar-refractivity contribution in [3.8, 4) is 0 Å². The smallest absolute Gasteiger partial charge is 0.251 e. The average molecular weight is 1160 g/mol. The Morgan fingerprint density at radius 3 is 1.16 bits per heavy atom. The molecule has 366 valence electrons. The summed E-state index contributed by atoms with van der Waals surface area (Å²) in [5.74, 6) is -3.85. The number of alkyl halides is 2. The van der Waals surface area contributed by atoms with Gasteiger partial charge in [-0.05, 0) is 103 Å². The molecule has 0 unspecified atom stereocenters. The molecule has 20 heteroatoms. The molecule has 68 heavy (non-hydrogen) atoms. The summed E-state index contributed by atoms with van der Waals surface area (Å²) in [5.41, 5.74) is 2.11. The topological polar surface area (TPSA) is 239 Å². The Kier molecular flexibility index (Phi) is 20.1. The molecule has 2 fully saturated rings. The van der Waals surface area contributed by atoms with Crippen LogP contribution in [0, 0.1) is 0 Å². The zero-order valence-corrected chi connectivity index (χ0v) is 43.3. The van der Waals surface area contributed by atoms with Gasteiger partial charge in [-0.3, -0.25) is 38.4 Å². The van der Waals surface area contributed by atoms with Gasteiger partial charge < -0.3 is 52.3 Å². The summed E-state index contributed by atoms with van der Waals surface area (Å²) in [5, 5.41) is 22.9. The van der Waals surface area contributed by atoms with E-state index in [0.717, 1.165) is 11.1 Å². The molecule has 8 amide bonds. The molecule has 0 aliphatic carbocycles. The third-order valence-electron chi connectivity index (χ3n) is 12.2. The van der Waals surface area contributed by atoms with Gasteiger partial charge in [-0.15, -0.1) is 0 Å². The second kappa shape index (κ2) is 25.4. The van der Waals surface area contributed by atoms with E-state index in [1.165, 1.54) is 34.1 Å². The fraction of sp³-hybridized carbons (Fsp3) is 0.458. The van der Waals surface area contributed by atoms with Crippen LogP contribution < -0.4 is 42.5 Å². The number of carbonyl (C=O) groups is 8.